The number of hydrogen-bond donors (Lipinski definition) is 3. The van der Waals surface area contributed by atoms with Crippen LogP contribution in [0.3, 0.4) is 0 Å². The first kappa shape index (κ1) is 13.6. The molecule has 21 heavy (non-hydrogen) atoms. The van der Waals surface area contributed by atoms with Gasteiger partial charge in [0, 0.05) is 16.7 Å². The Hall–Kier alpha value is -2.39. The number of fused-ring (bicyclic) bond motifs is 1. The number of anilines is 1. The molecule has 0 aliphatic carbocycles. The van der Waals surface area contributed by atoms with Crippen molar-refractivity contribution in [2.75, 3.05) is 25.1 Å². The monoisotopic (exact) mass is 294 g/mol. The number of nitrogens with zero attached hydrogens (tertiary/aromatic N) is 1. The van der Waals surface area contributed by atoms with Gasteiger partial charge in [0.2, 0.25) is 5.91 Å². The van der Waals surface area contributed by atoms with Gasteiger partial charge in [-0.15, -0.1) is 0 Å². The minimum absolute atomic E-state index is 0.103. The van der Waals surface area contributed by atoms with E-state index in [-0.39, 0.29) is 6.54 Å². The molecule has 3 rings (SSSR count). The maximum absolute atomic E-state index is 12.1. The van der Waals surface area contributed by atoms with Gasteiger partial charge in [0.05, 0.1) is 6.54 Å². The highest BCUT2D eigenvalue weighted by molar-refractivity contribution is 5.95. The third kappa shape index (κ3) is 2.73. The van der Waals surface area contributed by atoms with E-state index in [1.807, 2.05) is 0 Å². The van der Waals surface area contributed by atoms with Gasteiger partial charge in [0.1, 0.15) is 13.2 Å². The minimum atomic E-state index is -0.998. The summed E-state index contributed by atoms with van der Waals surface area (Å²) in [6.07, 6.45) is 0. The van der Waals surface area contributed by atoms with Crippen molar-refractivity contribution >= 4 is 11.6 Å². The highest BCUT2D eigenvalue weighted by atomic mass is 16.6. The number of ether oxygens (including phenoxy) is 2. The van der Waals surface area contributed by atoms with Gasteiger partial charge in [0.15, 0.2) is 17.5 Å². The van der Waals surface area contributed by atoms with E-state index in [4.69, 9.17) is 9.47 Å². The molecule has 112 valence electrons. The molecule has 1 aromatic rings. The zero-order valence-electron chi connectivity index (χ0n) is 11.0. The number of hydrogen-bond acceptors (Lipinski definition) is 7. The predicted molar refractivity (Wildman–Crippen MR) is 71.8 cm³/mol. The van der Waals surface area contributed by atoms with Crippen LogP contribution in [0, 0.1) is 10.1 Å². The van der Waals surface area contributed by atoms with Crippen LogP contribution in [0.15, 0.2) is 18.2 Å². The molecule has 1 saturated heterocycles. The third-order valence-corrected chi connectivity index (χ3v) is 3.32. The smallest absolute Gasteiger partial charge is 0.252 e. The van der Waals surface area contributed by atoms with Crippen LogP contribution in [-0.2, 0) is 4.79 Å². The van der Waals surface area contributed by atoms with Gasteiger partial charge in [0.25, 0.3) is 6.04 Å². The van der Waals surface area contributed by atoms with Crippen molar-refractivity contribution in [3.63, 3.8) is 0 Å². The standard InChI is InChI=1S/C12H14N4O5/c17-12(11-8(16(18)19)6-13-15-11)14-7-1-2-9-10(5-7)21-4-3-20-9/h1-2,5,8,11,13,15H,3-4,6H2,(H,14,17). The van der Waals surface area contributed by atoms with Crippen molar-refractivity contribution in [1.29, 1.82) is 0 Å². The van der Waals surface area contributed by atoms with Crippen LogP contribution < -0.4 is 25.6 Å². The molecule has 0 saturated carbocycles. The van der Waals surface area contributed by atoms with Gasteiger partial charge in [-0.05, 0) is 12.1 Å². The van der Waals surface area contributed by atoms with Crippen LogP contribution in [0.25, 0.3) is 0 Å². The molecule has 2 aliphatic rings. The SMILES string of the molecule is O=C(Nc1ccc2c(c1)OCCO2)C1NNCC1[N+](=O)[O-]. The van der Waals surface area contributed by atoms with Gasteiger partial charge in [-0.25, -0.2) is 10.9 Å². The maximum atomic E-state index is 12.1. The number of nitro groups is 1. The summed E-state index contributed by atoms with van der Waals surface area (Å²) in [5.74, 6) is 0.684. The second-order valence-electron chi connectivity index (χ2n) is 4.70. The van der Waals surface area contributed by atoms with E-state index in [1.165, 1.54) is 0 Å². The van der Waals surface area contributed by atoms with Crippen molar-refractivity contribution in [1.82, 2.24) is 10.9 Å². The number of benzene rings is 1. The first-order valence-electron chi connectivity index (χ1n) is 6.47. The largest absolute Gasteiger partial charge is 0.486 e. The predicted octanol–water partition coefficient (Wildman–Crippen LogP) is -0.482. The number of rotatable bonds is 3. The summed E-state index contributed by atoms with van der Waals surface area (Å²) in [6, 6.07) is 3.07. The summed E-state index contributed by atoms with van der Waals surface area (Å²) in [7, 11) is 0. The van der Waals surface area contributed by atoms with Gasteiger partial charge >= 0.3 is 0 Å². The van der Waals surface area contributed by atoms with Gasteiger partial charge in [-0.3, -0.25) is 14.9 Å². The summed E-state index contributed by atoms with van der Waals surface area (Å²) in [4.78, 5) is 22.5. The van der Waals surface area contributed by atoms with Crippen molar-refractivity contribution in [2.24, 2.45) is 0 Å². The Morgan fingerprint density at radius 2 is 2.10 bits per heavy atom. The topological polar surface area (TPSA) is 115 Å². The molecule has 9 heteroatoms. The van der Waals surface area contributed by atoms with Gasteiger partial charge in [-0.2, -0.15) is 0 Å². The minimum Gasteiger partial charge on any atom is -0.486 e. The van der Waals surface area contributed by atoms with Crippen molar-refractivity contribution in [3.05, 3.63) is 28.3 Å². The molecule has 0 radical (unpaired) electrons. The van der Waals surface area contributed by atoms with Crippen LogP contribution in [0.5, 0.6) is 11.5 Å². The molecule has 0 spiro atoms. The number of hydrazine groups is 1. The molecule has 1 amide bonds. The van der Waals surface area contributed by atoms with E-state index < -0.39 is 22.9 Å². The van der Waals surface area contributed by atoms with E-state index >= 15 is 0 Å². The van der Waals surface area contributed by atoms with E-state index in [9.17, 15) is 14.9 Å². The molecule has 2 atom stereocenters. The Kier molecular flexibility index (Phi) is 3.59. The van der Waals surface area contributed by atoms with E-state index in [0.29, 0.717) is 30.4 Å². The Morgan fingerprint density at radius 3 is 2.86 bits per heavy atom. The molecule has 0 bridgehead atoms. The molecule has 3 N–H and O–H groups in total. The molecule has 2 heterocycles. The molecule has 2 aliphatic heterocycles. The lowest BCUT2D eigenvalue weighted by atomic mass is 10.1. The Bertz CT molecular complexity index is 579. The lowest BCUT2D eigenvalue weighted by Gasteiger charge is -2.19. The Balaban J connectivity index is 1.71. The van der Waals surface area contributed by atoms with Crippen LogP contribution in [-0.4, -0.2) is 42.7 Å². The maximum Gasteiger partial charge on any atom is 0.252 e. The molecular formula is C12H14N4O5. The summed E-state index contributed by atoms with van der Waals surface area (Å²) in [5, 5.41) is 13.5. The number of amides is 1. The van der Waals surface area contributed by atoms with Crippen molar-refractivity contribution in [3.8, 4) is 11.5 Å². The number of nitrogens with one attached hydrogen (secondary N) is 3. The summed E-state index contributed by atoms with van der Waals surface area (Å²) in [6.45, 7) is 1.04. The average molecular weight is 294 g/mol. The van der Waals surface area contributed by atoms with E-state index in [1.54, 1.807) is 18.2 Å². The normalized spacial score (nSPS) is 23.6. The quantitative estimate of drug-likeness (QED) is 0.509. The fraction of sp³-hybridized carbons (Fsp3) is 0.417. The fourth-order valence-corrected chi connectivity index (χ4v) is 2.27. The first-order chi connectivity index (χ1) is 10.1. The van der Waals surface area contributed by atoms with E-state index in [0.717, 1.165) is 0 Å². The zero-order valence-corrected chi connectivity index (χ0v) is 11.0. The average Bonchev–Trinajstić information content (AvgIpc) is 2.97. The molecular weight excluding hydrogens is 280 g/mol. The summed E-state index contributed by atoms with van der Waals surface area (Å²) >= 11 is 0. The highest BCUT2D eigenvalue weighted by Crippen LogP contribution is 2.32. The summed E-state index contributed by atoms with van der Waals surface area (Å²) < 4.78 is 10.8. The highest BCUT2D eigenvalue weighted by Gasteiger charge is 2.41. The first-order valence-corrected chi connectivity index (χ1v) is 6.47. The third-order valence-electron chi connectivity index (χ3n) is 3.32. The Labute approximate surface area is 119 Å². The zero-order chi connectivity index (χ0) is 14.8. The molecule has 2 unspecified atom stereocenters. The lowest BCUT2D eigenvalue weighted by Crippen LogP contribution is -2.46. The summed E-state index contributed by atoms with van der Waals surface area (Å²) in [5.41, 5.74) is 5.73. The second-order valence-corrected chi connectivity index (χ2v) is 4.70. The van der Waals surface area contributed by atoms with Crippen LogP contribution in [0.4, 0.5) is 5.69 Å². The van der Waals surface area contributed by atoms with Gasteiger partial charge in [-0.1, -0.05) is 0 Å². The van der Waals surface area contributed by atoms with Crippen molar-refractivity contribution in [2.45, 2.75) is 12.1 Å². The van der Waals surface area contributed by atoms with E-state index in [2.05, 4.69) is 16.2 Å². The molecule has 0 aromatic heterocycles. The lowest BCUT2D eigenvalue weighted by molar-refractivity contribution is -0.517. The molecule has 1 aromatic carbocycles. The molecule has 1 fully saturated rings. The van der Waals surface area contributed by atoms with Gasteiger partial charge < -0.3 is 14.8 Å². The van der Waals surface area contributed by atoms with Crippen LogP contribution >= 0.6 is 0 Å². The number of carbonyl (C=O) groups is 1. The second kappa shape index (κ2) is 5.54. The number of carbonyl (C=O) groups excluding carboxylic acids is 1. The fourth-order valence-electron chi connectivity index (χ4n) is 2.27. The Morgan fingerprint density at radius 1 is 1.33 bits per heavy atom. The molecule has 9 nitrogen and oxygen atoms in total. The van der Waals surface area contributed by atoms with Crippen LogP contribution in [0.2, 0.25) is 0 Å². The van der Waals surface area contributed by atoms with Crippen molar-refractivity contribution < 1.29 is 19.2 Å². The van der Waals surface area contributed by atoms with Crippen LogP contribution in [0.1, 0.15) is 0 Å².